The van der Waals surface area contributed by atoms with Gasteiger partial charge in [-0.3, -0.25) is 0 Å². The summed E-state index contributed by atoms with van der Waals surface area (Å²) in [6.07, 6.45) is 6.68. The van der Waals surface area contributed by atoms with Crippen LogP contribution in [0.2, 0.25) is 0 Å². The van der Waals surface area contributed by atoms with Crippen molar-refractivity contribution in [2.45, 2.75) is 76.9 Å². The normalized spacial score (nSPS) is 23.3. The second kappa shape index (κ2) is 6.14. The standard InChI is InChI=1S/C22H29BO2/c1-21(2)22(3,4)25-23(24-21)18-14-17-12-8-9-13-19(17)20(15-18)16-10-6-5-7-11-16/h8-9,12-16H,5-7,10-11H2,1-4H3. The van der Waals surface area contributed by atoms with Gasteiger partial charge < -0.3 is 9.31 Å². The molecule has 1 saturated carbocycles. The van der Waals surface area contributed by atoms with Crippen molar-refractivity contribution in [3.05, 3.63) is 42.0 Å². The Bertz CT molecular complexity index is 759. The molecule has 1 aliphatic heterocycles. The van der Waals surface area contributed by atoms with Gasteiger partial charge in [0.2, 0.25) is 0 Å². The Morgan fingerprint density at radius 2 is 1.52 bits per heavy atom. The van der Waals surface area contributed by atoms with Gasteiger partial charge in [-0.2, -0.15) is 0 Å². The lowest BCUT2D eigenvalue weighted by molar-refractivity contribution is 0.00578. The number of fused-ring (bicyclic) bond motifs is 1. The van der Waals surface area contributed by atoms with Crippen molar-refractivity contribution in [2.75, 3.05) is 0 Å². The molecule has 1 aliphatic carbocycles. The highest BCUT2D eigenvalue weighted by Gasteiger charge is 2.51. The molecule has 0 aromatic heterocycles. The summed E-state index contributed by atoms with van der Waals surface area (Å²) in [5, 5.41) is 2.70. The molecule has 2 aliphatic rings. The van der Waals surface area contributed by atoms with Crippen molar-refractivity contribution in [1.82, 2.24) is 0 Å². The summed E-state index contributed by atoms with van der Waals surface area (Å²) in [5.74, 6) is 0.668. The average molecular weight is 336 g/mol. The van der Waals surface area contributed by atoms with Gasteiger partial charge in [0.1, 0.15) is 0 Å². The summed E-state index contributed by atoms with van der Waals surface area (Å²) >= 11 is 0. The molecule has 0 spiro atoms. The maximum Gasteiger partial charge on any atom is 0.494 e. The summed E-state index contributed by atoms with van der Waals surface area (Å²) in [5.41, 5.74) is 2.06. The van der Waals surface area contributed by atoms with Gasteiger partial charge in [0.05, 0.1) is 11.2 Å². The zero-order chi connectivity index (χ0) is 17.7. The largest absolute Gasteiger partial charge is 0.494 e. The molecule has 2 aromatic rings. The van der Waals surface area contributed by atoms with Gasteiger partial charge in [-0.25, -0.2) is 0 Å². The van der Waals surface area contributed by atoms with Gasteiger partial charge in [-0.05, 0) is 68.3 Å². The summed E-state index contributed by atoms with van der Waals surface area (Å²) in [6.45, 7) is 8.48. The predicted octanol–water partition coefficient (Wildman–Crippen LogP) is 5.19. The average Bonchev–Trinajstić information content (AvgIpc) is 2.82. The molecule has 2 aromatic carbocycles. The molecule has 2 fully saturated rings. The van der Waals surface area contributed by atoms with E-state index < -0.39 is 0 Å². The fourth-order valence-corrected chi connectivity index (χ4v) is 4.23. The fourth-order valence-electron chi connectivity index (χ4n) is 4.23. The first kappa shape index (κ1) is 17.1. The molecule has 0 atom stereocenters. The van der Waals surface area contributed by atoms with E-state index in [1.165, 1.54) is 48.4 Å². The van der Waals surface area contributed by atoms with E-state index in [4.69, 9.17) is 9.31 Å². The summed E-state index contributed by atoms with van der Waals surface area (Å²) < 4.78 is 12.6. The first-order chi connectivity index (χ1) is 11.9. The van der Waals surface area contributed by atoms with Crippen LogP contribution in [0, 0.1) is 0 Å². The molecule has 0 radical (unpaired) electrons. The van der Waals surface area contributed by atoms with Crippen molar-refractivity contribution in [3.8, 4) is 0 Å². The van der Waals surface area contributed by atoms with Gasteiger partial charge in [0.15, 0.2) is 0 Å². The van der Waals surface area contributed by atoms with Crippen LogP contribution in [0.3, 0.4) is 0 Å². The molecule has 1 heterocycles. The highest BCUT2D eigenvalue weighted by molar-refractivity contribution is 6.62. The van der Waals surface area contributed by atoms with Gasteiger partial charge in [-0.15, -0.1) is 0 Å². The third kappa shape index (κ3) is 3.02. The SMILES string of the molecule is CC1(C)OB(c2cc(C3CCCCC3)c3ccccc3c2)OC1(C)C. The van der Waals surface area contributed by atoms with Crippen LogP contribution in [-0.4, -0.2) is 18.3 Å². The van der Waals surface area contributed by atoms with Crippen LogP contribution in [-0.2, 0) is 9.31 Å². The lowest BCUT2D eigenvalue weighted by Crippen LogP contribution is -2.41. The lowest BCUT2D eigenvalue weighted by atomic mass is 9.74. The van der Waals surface area contributed by atoms with Gasteiger partial charge in [0, 0.05) is 0 Å². The van der Waals surface area contributed by atoms with Crippen LogP contribution in [0.5, 0.6) is 0 Å². The van der Waals surface area contributed by atoms with Crippen LogP contribution >= 0.6 is 0 Å². The Hall–Kier alpha value is -1.32. The maximum atomic E-state index is 6.32. The van der Waals surface area contributed by atoms with E-state index in [1.807, 2.05) is 0 Å². The lowest BCUT2D eigenvalue weighted by Gasteiger charge is -2.32. The van der Waals surface area contributed by atoms with Gasteiger partial charge in [0.25, 0.3) is 0 Å². The Balaban J connectivity index is 1.78. The second-order valence-electron chi connectivity index (χ2n) is 8.75. The van der Waals surface area contributed by atoms with Crippen molar-refractivity contribution >= 4 is 23.4 Å². The van der Waals surface area contributed by atoms with E-state index in [1.54, 1.807) is 0 Å². The van der Waals surface area contributed by atoms with Gasteiger partial charge in [-0.1, -0.05) is 55.7 Å². The third-order valence-corrected chi connectivity index (χ3v) is 6.49. The molecule has 0 unspecified atom stereocenters. The molecule has 4 rings (SSSR count). The molecule has 1 saturated heterocycles. The minimum Gasteiger partial charge on any atom is -0.399 e. The molecule has 0 bridgehead atoms. The zero-order valence-electron chi connectivity index (χ0n) is 16.0. The molecular weight excluding hydrogens is 307 g/mol. The van der Waals surface area contributed by atoms with E-state index >= 15 is 0 Å². The number of hydrogen-bond acceptors (Lipinski definition) is 2. The van der Waals surface area contributed by atoms with Crippen molar-refractivity contribution in [2.24, 2.45) is 0 Å². The fraction of sp³-hybridized carbons (Fsp3) is 0.545. The molecular formula is C22H29BO2. The van der Waals surface area contributed by atoms with E-state index in [0.29, 0.717) is 5.92 Å². The predicted molar refractivity (Wildman–Crippen MR) is 105 cm³/mol. The number of benzene rings is 2. The Labute approximate surface area is 152 Å². The molecule has 132 valence electrons. The van der Waals surface area contributed by atoms with Crippen molar-refractivity contribution < 1.29 is 9.31 Å². The zero-order valence-corrected chi connectivity index (χ0v) is 16.0. The van der Waals surface area contributed by atoms with E-state index in [2.05, 4.69) is 64.1 Å². The van der Waals surface area contributed by atoms with Crippen LogP contribution in [0.15, 0.2) is 36.4 Å². The minimum atomic E-state index is -0.297. The van der Waals surface area contributed by atoms with E-state index in [0.717, 1.165) is 5.46 Å². The maximum absolute atomic E-state index is 6.32. The van der Waals surface area contributed by atoms with Crippen LogP contribution in [0.25, 0.3) is 10.8 Å². The monoisotopic (exact) mass is 336 g/mol. The first-order valence-electron chi connectivity index (χ1n) is 9.76. The molecule has 0 amide bonds. The third-order valence-electron chi connectivity index (χ3n) is 6.49. The molecule has 3 heteroatoms. The quantitative estimate of drug-likeness (QED) is 0.703. The van der Waals surface area contributed by atoms with Crippen molar-refractivity contribution in [1.29, 1.82) is 0 Å². The number of rotatable bonds is 2. The highest BCUT2D eigenvalue weighted by Crippen LogP contribution is 2.39. The molecule has 25 heavy (non-hydrogen) atoms. The second-order valence-corrected chi connectivity index (χ2v) is 8.75. The summed E-state index contributed by atoms with van der Waals surface area (Å²) in [7, 11) is -0.281. The highest BCUT2D eigenvalue weighted by atomic mass is 16.7. The Morgan fingerprint density at radius 3 is 2.20 bits per heavy atom. The first-order valence-corrected chi connectivity index (χ1v) is 9.76. The van der Waals surface area contributed by atoms with Crippen LogP contribution < -0.4 is 5.46 Å². The van der Waals surface area contributed by atoms with Crippen LogP contribution in [0.1, 0.15) is 71.3 Å². The van der Waals surface area contributed by atoms with E-state index in [9.17, 15) is 0 Å². The minimum absolute atomic E-state index is 0.281. The molecule has 2 nitrogen and oxygen atoms in total. The Kier molecular flexibility index (Phi) is 4.20. The van der Waals surface area contributed by atoms with Crippen LogP contribution in [0.4, 0.5) is 0 Å². The molecule has 0 N–H and O–H groups in total. The van der Waals surface area contributed by atoms with Gasteiger partial charge >= 0.3 is 7.12 Å². The van der Waals surface area contributed by atoms with Crippen molar-refractivity contribution in [3.63, 3.8) is 0 Å². The Morgan fingerprint density at radius 1 is 0.880 bits per heavy atom. The topological polar surface area (TPSA) is 18.5 Å². The summed E-state index contributed by atoms with van der Waals surface area (Å²) in [6, 6.07) is 13.4. The summed E-state index contributed by atoms with van der Waals surface area (Å²) in [4.78, 5) is 0. The van der Waals surface area contributed by atoms with E-state index in [-0.39, 0.29) is 18.3 Å². The number of hydrogen-bond donors (Lipinski definition) is 0. The smallest absolute Gasteiger partial charge is 0.399 e.